The number of nitrogens with zero attached hydrogens (tertiary/aromatic N) is 2. The molecule has 0 radical (unpaired) electrons. The van der Waals surface area contributed by atoms with Crippen LogP contribution in [0.25, 0.3) is 0 Å². The molecule has 6 nitrogen and oxygen atoms in total. The van der Waals surface area contributed by atoms with Gasteiger partial charge < -0.3 is 15.4 Å². The van der Waals surface area contributed by atoms with Crippen molar-refractivity contribution in [2.75, 3.05) is 24.3 Å². The lowest BCUT2D eigenvalue weighted by molar-refractivity contribution is -0.138. The molecule has 1 heterocycles. The van der Waals surface area contributed by atoms with Crippen LogP contribution in [0.3, 0.4) is 0 Å². The molecule has 0 aromatic carbocycles. The van der Waals surface area contributed by atoms with Gasteiger partial charge in [-0.15, -0.1) is 0 Å². The van der Waals surface area contributed by atoms with E-state index in [9.17, 15) is 4.79 Å². The molecule has 0 fully saturated rings. The smallest absolute Gasteiger partial charge is 0.325 e. The third-order valence-corrected chi connectivity index (χ3v) is 1.75. The summed E-state index contributed by atoms with van der Waals surface area (Å²) in [6, 6.07) is 2.03. The van der Waals surface area contributed by atoms with Crippen molar-refractivity contribution < 1.29 is 9.53 Å². The Bertz CT molecular complexity index is 354. The van der Waals surface area contributed by atoms with Crippen molar-refractivity contribution in [3.63, 3.8) is 0 Å². The molecule has 0 aliphatic rings. The highest BCUT2D eigenvalue weighted by atomic mass is 16.5. The van der Waals surface area contributed by atoms with Gasteiger partial charge in [-0.25, -0.2) is 9.97 Å². The summed E-state index contributed by atoms with van der Waals surface area (Å²) < 4.78 is 4.51. The van der Waals surface area contributed by atoms with Gasteiger partial charge in [-0.1, -0.05) is 0 Å². The number of hydrogen-bond donors (Lipinski definition) is 2. The molecule has 0 unspecified atom stereocenters. The number of carbonyl (C=O) groups is 1. The third kappa shape index (κ3) is 4.12. The van der Waals surface area contributed by atoms with E-state index in [-0.39, 0.29) is 12.5 Å². The SMILES string of the molecule is COC(=O)CNc1cc(NC(C)C)ncn1. The van der Waals surface area contributed by atoms with E-state index in [1.165, 1.54) is 13.4 Å². The van der Waals surface area contributed by atoms with Gasteiger partial charge in [0.2, 0.25) is 0 Å². The highest BCUT2D eigenvalue weighted by Crippen LogP contribution is 2.09. The van der Waals surface area contributed by atoms with Crippen LogP contribution in [0, 0.1) is 0 Å². The predicted octanol–water partition coefficient (Wildman–Crippen LogP) is 0.882. The van der Waals surface area contributed by atoms with E-state index < -0.39 is 0 Å². The Labute approximate surface area is 94.4 Å². The Balaban J connectivity index is 2.56. The van der Waals surface area contributed by atoms with Crippen molar-refractivity contribution in [2.45, 2.75) is 19.9 Å². The zero-order chi connectivity index (χ0) is 12.0. The normalized spacial score (nSPS) is 10.0. The van der Waals surface area contributed by atoms with E-state index >= 15 is 0 Å². The molecule has 0 aliphatic carbocycles. The molecule has 0 spiro atoms. The van der Waals surface area contributed by atoms with E-state index in [2.05, 4.69) is 25.3 Å². The van der Waals surface area contributed by atoms with Crippen LogP contribution in [0.2, 0.25) is 0 Å². The summed E-state index contributed by atoms with van der Waals surface area (Å²) in [4.78, 5) is 18.9. The Hall–Kier alpha value is -1.85. The van der Waals surface area contributed by atoms with E-state index in [0.29, 0.717) is 11.9 Å². The highest BCUT2D eigenvalue weighted by Gasteiger charge is 2.02. The largest absolute Gasteiger partial charge is 0.468 e. The fourth-order valence-electron chi connectivity index (χ4n) is 1.06. The number of ether oxygens (including phenoxy) is 1. The second-order valence-corrected chi connectivity index (χ2v) is 3.52. The number of esters is 1. The maximum atomic E-state index is 10.9. The van der Waals surface area contributed by atoms with Crippen molar-refractivity contribution >= 4 is 17.6 Å². The summed E-state index contributed by atoms with van der Waals surface area (Å²) in [6.07, 6.45) is 1.43. The zero-order valence-corrected chi connectivity index (χ0v) is 9.65. The molecule has 0 aliphatic heterocycles. The molecule has 0 atom stereocenters. The van der Waals surface area contributed by atoms with Gasteiger partial charge in [-0.2, -0.15) is 0 Å². The van der Waals surface area contributed by atoms with Crippen LogP contribution >= 0.6 is 0 Å². The number of methoxy groups -OCH3 is 1. The summed E-state index contributed by atoms with van der Waals surface area (Å²) in [7, 11) is 1.34. The van der Waals surface area contributed by atoms with Crippen LogP contribution in [-0.2, 0) is 9.53 Å². The summed E-state index contributed by atoms with van der Waals surface area (Å²) in [5, 5.41) is 5.98. The van der Waals surface area contributed by atoms with Crippen molar-refractivity contribution in [1.82, 2.24) is 9.97 Å². The topological polar surface area (TPSA) is 76.1 Å². The Kier molecular flexibility index (Phi) is 4.50. The van der Waals surface area contributed by atoms with Crippen molar-refractivity contribution in [1.29, 1.82) is 0 Å². The van der Waals surface area contributed by atoms with Crippen molar-refractivity contribution in [3.05, 3.63) is 12.4 Å². The van der Waals surface area contributed by atoms with Crippen LogP contribution in [-0.4, -0.2) is 35.6 Å². The number of rotatable bonds is 5. The number of hydrogen-bond acceptors (Lipinski definition) is 6. The number of carbonyl (C=O) groups excluding carboxylic acids is 1. The molecule has 88 valence electrons. The first kappa shape index (κ1) is 12.2. The maximum absolute atomic E-state index is 10.9. The first-order valence-corrected chi connectivity index (χ1v) is 5.01. The molecule has 2 N–H and O–H groups in total. The molecule has 0 saturated carbocycles. The Morgan fingerprint density at radius 1 is 1.44 bits per heavy atom. The molecule has 0 bridgehead atoms. The quantitative estimate of drug-likeness (QED) is 0.723. The number of anilines is 2. The molecule has 16 heavy (non-hydrogen) atoms. The van der Waals surface area contributed by atoms with Gasteiger partial charge in [-0.3, -0.25) is 4.79 Å². The van der Waals surface area contributed by atoms with E-state index in [1.807, 2.05) is 13.8 Å². The summed E-state index contributed by atoms with van der Waals surface area (Å²) in [6.45, 7) is 4.13. The minimum absolute atomic E-state index is 0.0919. The van der Waals surface area contributed by atoms with E-state index in [4.69, 9.17) is 0 Å². The minimum Gasteiger partial charge on any atom is -0.468 e. The average molecular weight is 224 g/mol. The van der Waals surface area contributed by atoms with Crippen LogP contribution in [0.1, 0.15) is 13.8 Å². The molecule has 1 rings (SSSR count). The molecule has 1 aromatic rings. The summed E-state index contributed by atoms with van der Waals surface area (Å²) in [5.74, 6) is 0.970. The summed E-state index contributed by atoms with van der Waals surface area (Å²) in [5.41, 5.74) is 0. The number of nitrogens with one attached hydrogen (secondary N) is 2. The monoisotopic (exact) mass is 224 g/mol. The lowest BCUT2D eigenvalue weighted by Gasteiger charge is -2.10. The molecular formula is C10H16N4O2. The second-order valence-electron chi connectivity index (χ2n) is 3.52. The van der Waals surface area contributed by atoms with Gasteiger partial charge in [0, 0.05) is 12.1 Å². The standard InChI is InChI=1S/C10H16N4O2/c1-7(2)14-9-4-8(12-6-13-9)11-5-10(15)16-3/h4,6-7H,5H2,1-3H3,(H2,11,12,13,14). The Morgan fingerprint density at radius 2 is 2.12 bits per heavy atom. The van der Waals surface area contributed by atoms with Gasteiger partial charge >= 0.3 is 5.97 Å². The number of aromatic nitrogens is 2. The predicted molar refractivity (Wildman–Crippen MR) is 61.3 cm³/mol. The first-order valence-electron chi connectivity index (χ1n) is 5.01. The fraction of sp³-hybridized carbons (Fsp3) is 0.500. The third-order valence-electron chi connectivity index (χ3n) is 1.75. The molecule has 6 heteroatoms. The second kappa shape index (κ2) is 5.89. The van der Waals surface area contributed by atoms with Crippen LogP contribution in [0.5, 0.6) is 0 Å². The first-order chi connectivity index (χ1) is 7.61. The maximum Gasteiger partial charge on any atom is 0.325 e. The van der Waals surface area contributed by atoms with Crippen molar-refractivity contribution in [2.24, 2.45) is 0 Å². The average Bonchev–Trinajstić information content (AvgIpc) is 2.25. The lowest BCUT2D eigenvalue weighted by atomic mass is 10.4. The highest BCUT2D eigenvalue weighted by molar-refractivity contribution is 5.74. The fourth-order valence-corrected chi connectivity index (χ4v) is 1.06. The minimum atomic E-state index is -0.336. The van der Waals surface area contributed by atoms with Gasteiger partial charge in [0.1, 0.15) is 24.5 Å². The summed E-state index contributed by atoms with van der Waals surface area (Å²) >= 11 is 0. The molecule has 0 saturated heterocycles. The van der Waals surface area contributed by atoms with Gasteiger partial charge in [0.15, 0.2) is 0 Å². The van der Waals surface area contributed by atoms with Gasteiger partial charge in [0.05, 0.1) is 7.11 Å². The van der Waals surface area contributed by atoms with Crippen LogP contribution < -0.4 is 10.6 Å². The zero-order valence-electron chi connectivity index (χ0n) is 9.65. The van der Waals surface area contributed by atoms with E-state index in [0.717, 1.165) is 5.82 Å². The van der Waals surface area contributed by atoms with Crippen LogP contribution in [0.15, 0.2) is 12.4 Å². The van der Waals surface area contributed by atoms with Crippen molar-refractivity contribution in [3.8, 4) is 0 Å². The molecular weight excluding hydrogens is 208 g/mol. The molecule has 0 amide bonds. The Morgan fingerprint density at radius 3 is 2.75 bits per heavy atom. The van der Waals surface area contributed by atoms with E-state index in [1.54, 1.807) is 6.07 Å². The molecule has 1 aromatic heterocycles. The van der Waals surface area contributed by atoms with Gasteiger partial charge in [0.25, 0.3) is 0 Å². The lowest BCUT2D eigenvalue weighted by Crippen LogP contribution is -2.16. The van der Waals surface area contributed by atoms with Gasteiger partial charge in [-0.05, 0) is 13.8 Å². The van der Waals surface area contributed by atoms with Crippen LogP contribution in [0.4, 0.5) is 11.6 Å².